The van der Waals surface area contributed by atoms with Crippen molar-refractivity contribution in [3.05, 3.63) is 57.8 Å². The van der Waals surface area contributed by atoms with Crippen LogP contribution in [-0.2, 0) is 17.8 Å². The lowest BCUT2D eigenvalue weighted by Crippen LogP contribution is -2.22. The van der Waals surface area contributed by atoms with Gasteiger partial charge in [0, 0.05) is 17.8 Å². The molecule has 0 bridgehead atoms. The van der Waals surface area contributed by atoms with E-state index in [4.69, 9.17) is 0 Å². The van der Waals surface area contributed by atoms with Gasteiger partial charge in [0.2, 0.25) is 5.91 Å². The molecule has 3 heteroatoms. The molecule has 0 aliphatic heterocycles. The SMILES string of the molecule is Cc1cccc(CNC(=O)CCc2cccs2)c1. The first kappa shape index (κ1) is 12.8. The van der Waals surface area contributed by atoms with E-state index < -0.39 is 0 Å². The standard InChI is InChI=1S/C15H17NOS/c1-12-4-2-5-13(10-12)11-16-15(17)8-7-14-6-3-9-18-14/h2-6,9-10H,7-8,11H2,1H3,(H,16,17). The maximum Gasteiger partial charge on any atom is 0.220 e. The normalized spacial score (nSPS) is 10.3. The summed E-state index contributed by atoms with van der Waals surface area (Å²) in [6, 6.07) is 12.3. The highest BCUT2D eigenvalue weighted by Gasteiger charge is 2.03. The van der Waals surface area contributed by atoms with Crippen LogP contribution in [0.25, 0.3) is 0 Å². The van der Waals surface area contributed by atoms with Gasteiger partial charge in [-0.05, 0) is 30.4 Å². The van der Waals surface area contributed by atoms with Gasteiger partial charge in [-0.3, -0.25) is 4.79 Å². The Balaban J connectivity index is 1.75. The Morgan fingerprint density at radius 2 is 2.17 bits per heavy atom. The Labute approximate surface area is 112 Å². The number of aryl methyl sites for hydroxylation is 2. The molecular formula is C15H17NOS. The van der Waals surface area contributed by atoms with Crippen LogP contribution in [0.15, 0.2) is 41.8 Å². The van der Waals surface area contributed by atoms with Gasteiger partial charge in [0.1, 0.15) is 0 Å². The molecule has 1 amide bonds. The molecule has 2 rings (SSSR count). The number of amides is 1. The fourth-order valence-corrected chi connectivity index (χ4v) is 2.51. The number of nitrogens with one attached hydrogen (secondary N) is 1. The monoisotopic (exact) mass is 259 g/mol. The maximum atomic E-state index is 11.7. The first-order valence-corrected chi connectivity index (χ1v) is 6.96. The van der Waals surface area contributed by atoms with Gasteiger partial charge in [0.05, 0.1) is 0 Å². The quantitative estimate of drug-likeness (QED) is 0.877. The molecule has 2 aromatic rings. The van der Waals surface area contributed by atoms with E-state index in [9.17, 15) is 4.79 Å². The van der Waals surface area contributed by atoms with Gasteiger partial charge in [-0.1, -0.05) is 35.9 Å². The van der Waals surface area contributed by atoms with Crippen molar-refractivity contribution in [2.24, 2.45) is 0 Å². The Morgan fingerprint density at radius 3 is 2.89 bits per heavy atom. The molecular weight excluding hydrogens is 242 g/mol. The molecule has 0 saturated carbocycles. The zero-order valence-corrected chi connectivity index (χ0v) is 11.3. The molecule has 1 aromatic heterocycles. The molecule has 0 spiro atoms. The number of benzene rings is 1. The molecule has 0 fully saturated rings. The van der Waals surface area contributed by atoms with Crippen molar-refractivity contribution < 1.29 is 4.79 Å². The van der Waals surface area contributed by atoms with Gasteiger partial charge in [-0.15, -0.1) is 11.3 Å². The third-order valence-electron chi connectivity index (χ3n) is 2.75. The highest BCUT2D eigenvalue weighted by atomic mass is 32.1. The van der Waals surface area contributed by atoms with Crippen LogP contribution in [0.3, 0.4) is 0 Å². The van der Waals surface area contributed by atoms with Gasteiger partial charge in [0.25, 0.3) is 0 Å². The van der Waals surface area contributed by atoms with E-state index in [1.54, 1.807) is 11.3 Å². The smallest absolute Gasteiger partial charge is 0.220 e. The molecule has 1 aromatic carbocycles. The van der Waals surface area contributed by atoms with E-state index in [1.165, 1.54) is 10.4 Å². The first-order valence-electron chi connectivity index (χ1n) is 6.08. The topological polar surface area (TPSA) is 29.1 Å². The van der Waals surface area contributed by atoms with Crippen molar-refractivity contribution >= 4 is 17.2 Å². The number of hydrogen-bond donors (Lipinski definition) is 1. The van der Waals surface area contributed by atoms with E-state index in [0.717, 1.165) is 12.0 Å². The third kappa shape index (κ3) is 4.00. The number of carbonyl (C=O) groups is 1. The molecule has 1 N–H and O–H groups in total. The molecule has 94 valence electrons. The maximum absolute atomic E-state index is 11.7. The summed E-state index contributed by atoms with van der Waals surface area (Å²) >= 11 is 1.70. The second kappa shape index (κ2) is 6.36. The van der Waals surface area contributed by atoms with Crippen molar-refractivity contribution in [2.75, 3.05) is 0 Å². The average molecular weight is 259 g/mol. The summed E-state index contributed by atoms with van der Waals surface area (Å²) in [5.41, 5.74) is 2.37. The van der Waals surface area contributed by atoms with Gasteiger partial charge >= 0.3 is 0 Å². The molecule has 0 radical (unpaired) electrons. The number of hydrogen-bond acceptors (Lipinski definition) is 2. The summed E-state index contributed by atoms with van der Waals surface area (Å²) in [5.74, 6) is 0.116. The molecule has 0 atom stereocenters. The summed E-state index contributed by atoms with van der Waals surface area (Å²) < 4.78 is 0. The fraction of sp³-hybridized carbons (Fsp3) is 0.267. The molecule has 18 heavy (non-hydrogen) atoms. The number of thiophene rings is 1. The van der Waals surface area contributed by atoms with E-state index in [0.29, 0.717) is 13.0 Å². The van der Waals surface area contributed by atoms with Crippen LogP contribution in [0.2, 0.25) is 0 Å². The van der Waals surface area contributed by atoms with Crippen molar-refractivity contribution in [3.8, 4) is 0 Å². The highest BCUT2D eigenvalue weighted by molar-refractivity contribution is 7.09. The second-order valence-corrected chi connectivity index (χ2v) is 5.38. The molecule has 0 saturated heterocycles. The van der Waals surface area contributed by atoms with Crippen molar-refractivity contribution in [1.29, 1.82) is 0 Å². The van der Waals surface area contributed by atoms with Crippen molar-refractivity contribution in [1.82, 2.24) is 5.32 Å². The Morgan fingerprint density at radius 1 is 1.28 bits per heavy atom. The van der Waals surface area contributed by atoms with E-state index in [2.05, 4.69) is 30.4 Å². The van der Waals surface area contributed by atoms with Crippen LogP contribution in [-0.4, -0.2) is 5.91 Å². The lowest BCUT2D eigenvalue weighted by molar-refractivity contribution is -0.121. The summed E-state index contributed by atoms with van der Waals surface area (Å²) in [6.07, 6.45) is 1.39. The summed E-state index contributed by atoms with van der Waals surface area (Å²) in [6.45, 7) is 2.67. The van der Waals surface area contributed by atoms with Crippen LogP contribution < -0.4 is 5.32 Å². The van der Waals surface area contributed by atoms with Gasteiger partial charge in [-0.2, -0.15) is 0 Å². The second-order valence-electron chi connectivity index (χ2n) is 4.35. The van der Waals surface area contributed by atoms with Gasteiger partial charge < -0.3 is 5.32 Å². The lowest BCUT2D eigenvalue weighted by atomic mass is 10.1. The van der Waals surface area contributed by atoms with E-state index >= 15 is 0 Å². The van der Waals surface area contributed by atoms with Crippen LogP contribution in [0.5, 0.6) is 0 Å². The van der Waals surface area contributed by atoms with E-state index in [1.807, 2.05) is 23.6 Å². The predicted octanol–water partition coefficient (Wildman–Crippen LogP) is 3.31. The van der Waals surface area contributed by atoms with Crippen molar-refractivity contribution in [2.45, 2.75) is 26.3 Å². The Kier molecular flexibility index (Phi) is 4.53. The first-order chi connectivity index (χ1) is 8.74. The van der Waals surface area contributed by atoms with Crippen LogP contribution in [0, 0.1) is 6.92 Å². The van der Waals surface area contributed by atoms with Crippen molar-refractivity contribution in [3.63, 3.8) is 0 Å². The molecule has 1 heterocycles. The minimum absolute atomic E-state index is 0.116. The Hall–Kier alpha value is -1.61. The lowest BCUT2D eigenvalue weighted by Gasteiger charge is -2.05. The summed E-state index contributed by atoms with van der Waals surface area (Å²) in [7, 11) is 0. The molecule has 0 aliphatic carbocycles. The predicted molar refractivity (Wildman–Crippen MR) is 75.7 cm³/mol. The number of carbonyl (C=O) groups excluding carboxylic acids is 1. The fourth-order valence-electron chi connectivity index (χ4n) is 1.80. The zero-order valence-electron chi connectivity index (χ0n) is 10.5. The Bertz CT molecular complexity index is 505. The summed E-state index contributed by atoms with van der Waals surface area (Å²) in [4.78, 5) is 13.0. The van der Waals surface area contributed by atoms with Gasteiger partial charge in [0.15, 0.2) is 0 Å². The molecule has 0 aliphatic rings. The molecule has 2 nitrogen and oxygen atoms in total. The minimum atomic E-state index is 0.116. The highest BCUT2D eigenvalue weighted by Crippen LogP contribution is 2.10. The van der Waals surface area contributed by atoms with Crippen LogP contribution in [0.1, 0.15) is 22.4 Å². The van der Waals surface area contributed by atoms with Crippen LogP contribution in [0.4, 0.5) is 0 Å². The third-order valence-corrected chi connectivity index (χ3v) is 3.69. The zero-order chi connectivity index (χ0) is 12.8. The van der Waals surface area contributed by atoms with Crippen LogP contribution >= 0.6 is 11.3 Å². The van der Waals surface area contributed by atoms with E-state index in [-0.39, 0.29) is 5.91 Å². The average Bonchev–Trinajstić information content (AvgIpc) is 2.87. The van der Waals surface area contributed by atoms with Gasteiger partial charge in [-0.25, -0.2) is 0 Å². The minimum Gasteiger partial charge on any atom is -0.352 e. The number of rotatable bonds is 5. The largest absolute Gasteiger partial charge is 0.352 e. The molecule has 0 unspecified atom stereocenters. The summed E-state index contributed by atoms with van der Waals surface area (Å²) in [5, 5.41) is 5.00.